The first kappa shape index (κ1) is 24.1. The molecule has 2 atom stereocenters. The monoisotopic (exact) mass is 469 g/mol. The summed E-state index contributed by atoms with van der Waals surface area (Å²) in [6.45, 7) is 4.05. The van der Waals surface area contributed by atoms with E-state index in [0.717, 1.165) is 66.7 Å². The molecule has 2 N–H and O–H groups in total. The zero-order valence-corrected chi connectivity index (χ0v) is 20.3. The number of aryl methyl sites for hydroxylation is 2. The van der Waals surface area contributed by atoms with Gasteiger partial charge in [-0.15, -0.1) is 0 Å². The number of hydrogen-bond acceptors (Lipinski definition) is 5. The number of carboxylic acids is 1. The molecule has 34 heavy (non-hydrogen) atoms. The SMILES string of the molecule is Cc1c[nH]c(-c2ccc(O[C@H]3CCC[C@H](C(=O)O)C3)c(C)n2)c1COC(=O)N(C)C1CCCC1. The van der Waals surface area contributed by atoms with Gasteiger partial charge in [-0.05, 0) is 70.1 Å². The Hall–Kier alpha value is -3.03. The fourth-order valence-corrected chi connectivity index (χ4v) is 5.11. The van der Waals surface area contributed by atoms with E-state index in [0.29, 0.717) is 18.6 Å². The second kappa shape index (κ2) is 10.5. The lowest BCUT2D eigenvalue weighted by Crippen LogP contribution is -2.35. The van der Waals surface area contributed by atoms with E-state index >= 15 is 0 Å². The molecule has 2 saturated carbocycles. The molecule has 0 unspecified atom stereocenters. The molecule has 2 aromatic heterocycles. The number of nitrogens with zero attached hydrogens (tertiary/aromatic N) is 2. The van der Waals surface area contributed by atoms with E-state index in [1.807, 2.05) is 39.2 Å². The van der Waals surface area contributed by atoms with Gasteiger partial charge in [0, 0.05) is 24.8 Å². The van der Waals surface area contributed by atoms with Crippen LogP contribution in [0.2, 0.25) is 0 Å². The van der Waals surface area contributed by atoms with Gasteiger partial charge in [0.15, 0.2) is 0 Å². The van der Waals surface area contributed by atoms with Crippen LogP contribution in [0.4, 0.5) is 4.79 Å². The van der Waals surface area contributed by atoms with Gasteiger partial charge in [0.2, 0.25) is 0 Å². The van der Waals surface area contributed by atoms with Crippen molar-refractivity contribution in [2.24, 2.45) is 5.92 Å². The molecular weight excluding hydrogens is 434 g/mol. The predicted octanol–water partition coefficient (Wildman–Crippen LogP) is 5.23. The van der Waals surface area contributed by atoms with E-state index in [2.05, 4.69) is 4.98 Å². The number of carbonyl (C=O) groups is 2. The molecule has 0 bridgehead atoms. The van der Waals surface area contributed by atoms with Gasteiger partial charge < -0.3 is 24.5 Å². The Labute approximate surface area is 200 Å². The number of aromatic nitrogens is 2. The number of pyridine rings is 1. The van der Waals surface area contributed by atoms with E-state index in [9.17, 15) is 14.7 Å². The molecule has 0 aromatic carbocycles. The summed E-state index contributed by atoms with van der Waals surface area (Å²) in [6.07, 6.45) is 8.83. The quantitative estimate of drug-likeness (QED) is 0.576. The summed E-state index contributed by atoms with van der Waals surface area (Å²) < 4.78 is 11.8. The minimum Gasteiger partial charge on any atom is -0.489 e. The van der Waals surface area contributed by atoms with Crippen molar-refractivity contribution in [2.45, 2.75) is 84.0 Å². The van der Waals surface area contributed by atoms with Crippen molar-refractivity contribution in [3.05, 3.63) is 35.2 Å². The van der Waals surface area contributed by atoms with Crippen LogP contribution in [0.15, 0.2) is 18.3 Å². The number of aliphatic carboxylic acids is 1. The Kier molecular flexibility index (Phi) is 7.44. The number of H-pyrrole nitrogens is 1. The molecule has 8 nitrogen and oxygen atoms in total. The van der Waals surface area contributed by atoms with Crippen molar-refractivity contribution in [3.63, 3.8) is 0 Å². The topological polar surface area (TPSA) is 105 Å². The van der Waals surface area contributed by atoms with Crippen molar-refractivity contribution in [2.75, 3.05) is 7.05 Å². The Morgan fingerprint density at radius 2 is 1.91 bits per heavy atom. The largest absolute Gasteiger partial charge is 0.489 e. The van der Waals surface area contributed by atoms with Crippen LogP contribution in [0.25, 0.3) is 11.4 Å². The summed E-state index contributed by atoms with van der Waals surface area (Å²) >= 11 is 0. The van der Waals surface area contributed by atoms with Gasteiger partial charge in [0.05, 0.1) is 29.1 Å². The first-order valence-electron chi connectivity index (χ1n) is 12.3. The lowest BCUT2D eigenvalue weighted by molar-refractivity contribution is -0.143. The lowest BCUT2D eigenvalue weighted by Gasteiger charge is -2.27. The Balaban J connectivity index is 1.43. The van der Waals surface area contributed by atoms with Crippen LogP contribution in [-0.4, -0.2) is 51.2 Å². The number of rotatable bonds is 7. The second-order valence-electron chi connectivity index (χ2n) is 9.65. The van der Waals surface area contributed by atoms with Gasteiger partial charge in [-0.1, -0.05) is 12.8 Å². The van der Waals surface area contributed by atoms with Gasteiger partial charge >= 0.3 is 12.1 Å². The van der Waals surface area contributed by atoms with E-state index in [-0.39, 0.29) is 30.8 Å². The van der Waals surface area contributed by atoms with Gasteiger partial charge in [0.1, 0.15) is 12.4 Å². The fraction of sp³-hybridized carbons (Fsp3) is 0.577. The summed E-state index contributed by atoms with van der Waals surface area (Å²) in [6, 6.07) is 4.05. The third-order valence-corrected chi connectivity index (χ3v) is 7.27. The van der Waals surface area contributed by atoms with Crippen LogP contribution in [-0.2, 0) is 16.1 Å². The third kappa shape index (κ3) is 5.37. The average Bonchev–Trinajstić information content (AvgIpc) is 3.48. The highest BCUT2D eigenvalue weighted by Crippen LogP contribution is 2.31. The minimum atomic E-state index is -0.747. The van der Waals surface area contributed by atoms with E-state index in [1.54, 1.807) is 4.90 Å². The van der Waals surface area contributed by atoms with E-state index < -0.39 is 5.97 Å². The maximum absolute atomic E-state index is 12.6. The normalized spacial score (nSPS) is 20.8. The molecule has 0 aliphatic heterocycles. The fourth-order valence-electron chi connectivity index (χ4n) is 5.11. The van der Waals surface area contributed by atoms with Crippen molar-refractivity contribution >= 4 is 12.1 Å². The lowest BCUT2D eigenvalue weighted by atomic mass is 9.87. The number of carbonyl (C=O) groups excluding carboxylic acids is 1. The highest BCUT2D eigenvalue weighted by Gasteiger charge is 2.29. The van der Waals surface area contributed by atoms with Crippen molar-refractivity contribution < 1.29 is 24.2 Å². The second-order valence-corrected chi connectivity index (χ2v) is 9.65. The molecule has 8 heteroatoms. The minimum absolute atomic E-state index is 0.110. The predicted molar refractivity (Wildman–Crippen MR) is 128 cm³/mol. The zero-order chi connectivity index (χ0) is 24.2. The van der Waals surface area contributed by atoms with Crippen LogP contribution < -0.4 is 4.74 Å². The molecule has 0 radical (unpaired) electrons. The summed E-state index contributed by atoms with van der Waals surface area (Å²) in [4.78, 5) is 33.6. The van der Waals surface area contributed by atoms with E-state index in [4.69, 9.17) is 14.5 Å². The first-order chi connectivity index (χ1) is 16.3. The first-order valence-corrected chi connectivity index (χ1v) is 12.3. The van der Waals surface area contributed by atoms with Crippen LogP contribution in [0.3, 0.4) is 0 Å². The van der Waals surface area contributed by atoms with Gasteiger partial charge in [-0.3, -0.25) is 4.79 Å². The summed E-state index contributed by atoms with van der Waals surface area (Å²) in [5.74, 6) is -0.413. The molecule has 2 aliphatic rings. The molecule has 2 fully saturated rings. The van der Waals surface area contributed by atoms with Crippen molar-refractivity contribution in [1.29, 1.82) is 0 Å². The standard InChI is InChI=1S/C26H35N3O5/c1-16-14-27-24(21(16)15-33-26(32)29(3)19-8-4-5-9-19)22-11-12-23(17(2)28-22)34-20-10-6-7-18(13-20)25(30)31/h11-12,14,18-20,27H,4-10,13,15H2,1-3H3,(H,30,31)/t18-,20-/m0/s1. The molecule has 4 rings (SSSR count). The zero-order valence-electron chi connectivity index (χ0n) is 20.3. The Bertz CT molecular complexity index is 1030. The highest BCUT2D eigenvalue weighted by atomic mass is 16.6. The number of amides is 1. The molecule has 2 heterocycles. The number of ether oxygens (including phenoxy) is 2. The number of hydrogen-bond donors (Lipinski definition) is 2. The van der Waals surface area contributed by atoms with Crippen LogP contribution in [0.5, 0.6) is 5.75 Å². The molecule has 2 aliphatic carbocycles. The summed E-state index contributed by atoms with van der Waals surface area (Å²) in [5, 5.41) is 9.33. The summed E-state index contributed by atoms with van der Waals surface area (Å²) in [7, 11) is 1.82. The van der Waals surface area contributed by atoms with Gasteiger partial charge in [-0.25, -0.2) is 9.78 Å². The van der Waals surface area contributed by atoms with E-state index in [1.165, 1.54) is 0 Å². The highest BCUT2D eigenvalue weighted by molar-refractivity contribution is 5.70. The summed E-state index contributed by atoms with van der Waals surface area (Å²) in [5.41, 5.74) is 4.23. The molecular formula is C26H35N3O5. The number of aromatic amines is 1. The maximum atomic E-state index is 12.6. The van der Waals surface area contributed by atoms with Crippen LogP contribution in [0, 0.1) is 19.8 Å². The maximum Gasteiger partial charge on any atom is 0.410 e. The Morgan fingerprint density at radius 3 is 2.62 bits per heavy atom. The van der Waals surface area contributed by atoms with Crippen LogP contribution >= 0.6 is 0 Å². The van der Waals surface area contributed by atoms with Gasteiger partial charge in [0.25, 0.3) is 0 Å². The van der Waals surface area contributed by atoms with Gasteiger partial charge in [-0.2, -0.15) is 0 Å². The number of nitrogens with one attached hydrogen (secondary N) is 1. The molecule has 0 spiro atoms. The molecule has 2 aromatic rings. The smallest absolute Gasteiger partial charge is 0.410 e. The molecule has 184 valence electrons. The molecule has 1 amide bonds. The van der Waals surface area contributed by atoms with Crippen molar-refractivity contribution in [3.8, 4) is 17.1 Å². The molecule has 0 saturated heterocycles. The van der Waals surface area contributed by atoms with Crippen LogP contribution in [0.1, 0.15) is 68.2 Å². The Morgan fingerprint density at radius 1 is 1.15 bits per heavy atom. The third-order valence-electron chi connectivity index (χ3n) is 7.27. The van der Waals surface area contributed by atoms with Crippen molar-refractivity contribution in [1.82, 2.24) is 14.9 Å². The average molecular weight is 470 g/mol. The number of carboxylic acid groups (broad SMARTS) is 1.